The smallest absolute Gasteiger partial charge is 0.407 e. The Morgan fingerprint density at radius 1 is 1.40 bits per heavy atom. The Kier molecular flexibility index (Phi) is 3.53. The predicted octanol–water partition coefficient (Wildman–Crippen LogP) is 1.91. The first-order valence-electron chi connectivity index (χ1n) is 6.62. The average Bonchev–Trinajstić information content (AvgIpc) is 2.46. The fourth-order valence-corrected chi connectivity index (χ4v) is 2.95. The van der Waals surface area contributed by atoms with Crippen LogP contribution in [0.25, 0.3) is 0 Å². The Bertz CT molecular complexity index is 549. The van der Waals surface area contributed by atoms with Gasteiger partial charge in [-0.3, -0.25) is 4.79 Å². The van der Waals surface area contributed by atoms with Crippen molar-refractivity contribution in [2.45, 2.75) is 12.5 Å². The molecule has 1 aromatic rings. The number of nitrogens with zero attached hydrogens (tertiary/aromatic N) is 1. The normalized spacial score (nSPS) is 25.4. The average molecular weight is 295 g/mol. The molecular weight excluding hydrogens is 280 g/mol. The van der Waals surface area contributed by atoms with Gasteiger partial charge in [0.05, 0.1) is 23.2 Å². The lowest BCUT2D eigenvalue weighted by molar-refractivity contribution is 0.0337. The molecule has 0 radical (unpaired) electrons. The molecule has 0 saturated carbocycles. The van der Waals surface area contributed by atoms with Crippen molar-refractivity contribution in [2.24, 2.45) is 5.92 Å². The summed E-state index contributed by atoms with van der Waals surface area (Å²) >= 11 is 6.06. The molecule has 2 fully saturated rings. The van der Waals surface area contributed by atoms with Gasteiger partial charge in [0.1, 0.15) is 0 Å². The highest BCUT2D eigenvalue weighted by Gasteiger charge is 2.36. The third-order valence-electron chi connectivity index (χ3n) is 3.88. The molecule has 1 aromatic carbocycles. The highest BCUT2D eigenvalue weighted by Crippen LogP contribution is 2.24. The lowest BCUT2D eigenvalue weighted by atomic mass is 9.91. The van der Waals surface area contributed by atoms with Crippen LogP contribution in [-0.2, 0) is 4.74 Å². The summed E-state index contributed by atoms with van der Waals surface area (Å²) in [6.45, 7) is 1.60. The fraction of sp³-hybridized carbons (Fsp3) is 0.429. The van der Waals surface area contributed by atoms with Gasteiger partial charge in [-0.05, 0) is 18.6 Å². The third kappa shape index (κ3) is 2.45. The van der Waals surface area contributed by atoms with Crippen molar-refractivity contribution < 1.29 is 14.3 Å². The maximum absolute atomic E-state index is 12.5. The first kappa shape index (κ1) is 13.2. The minimum absolute atomic E-state index is 0.0311. The largest absolute Gasteiger partial charge is 0.449 e. The molecule has 0 unspecified atom stereocenters. The second kappa shape index (κ2) is 5.32. The van der Waals surface area contributed by atoms with Crippen molar-refractivity contribution in [1.29, 1.82) is 0 Å². The number of rotatable bonds is 1. The van der Waals surface area contributed by atoms with Gasteiger partial charge in [0.15, 0.2) is 0 Å². The van der Waals surface area contributed by atoms with E-state index >= 15 is 0 Å². The van der Waals surface area contributed by atoms with Crippen LogP contribution in [0.4, 0.5) is 4.79 Å². The number of cyclic esters (lactones) is 1. The number of hydrogen-bond acceptors (Lipinski definition) is 3. The molecular formula is C14H15ClN2O3. The van der Waals surface area contributed by atoms with E-state index in [1.54, 1.807) is 29.2 Å². The zero-order chi connectivity index (χ0) is 14.1. The summed E-state index contributed by atoms with van der Waals surface area (Å²) in [5.41, 5.74) is 0.506. The van der Waals surface area contributed by atoms with Crippen LogP contribution >= 0.6 is 11.6 Å². The van der Waals surface area contributed by atoms with E-state index < -0.39 is 6.09 Å². The predicted molar refractivity (Wildman–Crippen MR) is 73.7 cm³/mol. The van der Waals surface area contributed by atoms with Crippen LogP contribution in [0.3, 0.4) is 0 Å². The van der Waals surface area contributed by atoms with Crippen LogP contribution < -0.4 is 5.32 Å². The molecule has 0 spiro atoms. The second-order valence-corrected chi connectivity index (χ2v) is 5.54. The van der Waals surface area contributed by atoms with Gasteiger partial charge in [0.2, 0.25) is 0 Å². The highest BCUT2D eigenvalue weighted by atomic mass is 35.5. The molecule has 2 amide bonds. The van der Waals surface area contributed by atoms with Gasteiger partial charge < -0.3 is 15.0 Å². The number of likely N-dealkylation sites (tertiary alicyclic amines) is 1. The monoisotopic (exact) mass is 294 g/mol. The summed E-state index contributed by atoms with van der Waals surface area (Å²) in [4.78, 5) is 25.5. The van der Waals surface area contributed by atoms with Crippen molar-refractivity contribution in [3.05, 3.63) is 34.9 Å². The molecule has 2 heterocycles. The lowest BCUT2D eigenvalue weighted by Gasteiger charge is -2.40. The van der Waals surface area contributed by atoms with E-state index in [0.717, 1.165) is 6.42 Å². The van der Waals surface area contributed by atoms with E-state index in [1.165, 1.54) is 0 Å². The highest BCUT2D eigenvalue weighted by molar-refractivity contribution is 6.33. The number of alkyl carbamates (subject to hydrolysis) is 1. The molecule has 3 rings (SSSR count). The van der Waals surface area contributed by atoms with Gasteiger partial charge >= 0.3 is 6.09 Å². The number of benzene rings is 1. The molecule has 2 aliphatic rings. The summed E-state index contributed by atoms with van der Waals surface area (Å²) in [7, 11) is 0. The van der Waals surface area contributed by atoms with Gasteiger partial charge in [0.25, 0.3) is 5.91 Å². The van der Waals surface area contributed by atoms with Gasteiger partial charge in [-0.1, -0.05) is 23.7 Å². The molecule has 2 aliphatic heterocycles. The van der Waals surface area contributed by atoms with Crippen molar-refractivity contribution >= 4 is 23.6 Å². The molecule has 2 saturated heterocycles. The van der Waals surface area contributed by atoms with Crippen molar-refractivity contribution in [1.82, 2.24) is 10.2 Å². The molecule has 2 atom stereocenters. The van der Waals surface area contributed by atoms with E-state index in [1.807, 2.05) is 0 Å². The number of hydrogen-bond donors (Lipinski definition) is 1. The van der Waals surface area contributed by atoms with Gasteiger partial charge in [0, 0.05) is 19.0 Å². The van der Waals surface area contributed by atoms with Gasteiger partial charge in [-0.2, -0.15) is 0 Å². The number of fused-ring (bicyclic) bond motifs is 1. The van der Waals surface area contributed by atoms with Crippen LogP contribution in [0.15, 0.2) is 24.3 Å². The molecule has 20 heavy (non-hydrogen) atoms. The maximum Gasteiger partial charge on any atom is 0.407 e. The summed E-state index contributed by atoms with van der Waals surface area (Å²) in [5.74, 6) is 0.192. The van der Waals surface area contributed by atoms with Crippen LogP contribution in [0.2, 0.25) is 5.02 Å². The number of halogens is 1. The van der Waals surface area contributed by atoms with Gasteiger partial charge in [-0.15, -0.1) is 0 Å². The first-order valence-corrected chi connectivity index (χ1v) is 7.00. The van der Waals surface area contributed by atoms with Crippen LogP contribution in [0, 0.1) is 5.92 Å². The van der Waals surface area contributed by atoms with Crippen molar-refractivity contribution in [2.75, 3.05) is 19.7 Å². The molecule has 1 N–H and O–H groups in total. The van der Waals surface area contributed by atoms with Crippen molar-refractivity contribution in [3.8, 4) is 0 Å². The SMILES string of the molecule is O=C1N[C@@H]2CN(C(=O)c3ccccc3Cl)CC[C@H]2CO1. The van der Waals surface area contributed by atoms with Crippen LogP contribution in [0.1, 0.15) is 16.8 Å². The summed E-state index contributed by atoms with van der Waals surface area (Å²) in [6.07, 6.45) is 0.416. The zero-order valence-electron chi connectivity index (χ0n) is 10.8. The Balaban J connectivity index is 1.74. The quantitative estimate of drug-likeness (QED) is 0.861. The van der Waals surface area contributed by atoms with E-state index in [-0.39, 0.29) is 17.9 Å². The number of carbonyl (C=O) groups is 2. The molecule has 5 nitrogen and oxygen atoms in total. The molecule has 106 valence electrons. The molecule has 0 bridgehead atoms. The Hall–Kier alpha value is -1.75. The van der Waals surface area contributed by atoms with Crippen LogP contribution in [0.5, 0.6) is 0 Å². The Morgan fingerprint density at radius 2 is 2.20 bits per heavy atom. The molecule has 6 heteroatoms. The van der Waals surface area contributed by atoms with Crippen LogP contribution in [-0.4, -0.2) is 42.6 Å². The van der Waals surface area contributed by atoms with E-state index in [2.05, 4.69) is 5.32 Å². The summed E-state index contributed by atoms with van der Waals surface area (Å²) < 4.78 is 4.97. The van der Waals surface area contributed by atoms with E-state index in [0.29, 0.717) is 30.3 Å². The van der Waals surface area contributed by atoms with E-state index in [9.17, 15) is 9.59 Å². The number of carbonyl (C=O) groups excluding carboxylic acids is 2. The Morgan fingerprint density at radius 3 is 3.00 bits per heavy atom. The number of piperidine rings is 1. The minimum Gasteiger partial charge on any atom is -0.449 e. The summed E-state index contributed by atoms with van der Waals surface area (Å²) in [5, 5.41) is 3.24. The fourth-order valence-electron chi connectivity index (χ4n) is 2.73. The van der Waals surface area contributed by atoms with E-state index in [4.69, 9.17) is 16.3 Å². The maximum atomic E-state index is 12.5. The number of nitrogens with one attached hydrogen (secondary N) is 1. The topological polar surface area (TPSA) is 58.6 Å². The number of ether oxygens (including phenoxy) is 1. The molecule has 0 aliphatic carbocycles. The number of amides is 2. The first-order chi connectivity index (χ1) is 9.65. The third-order valence-corrected chi connectivity index (χ3v) is 4.21. The summed E-state index contributed by atoms with van der Waals surface area (Å²) in [6, 6.07) is 6.99. The zero-order valence-corrected chi connectivity index (χ0v) is 11.6. The molecule has 0 aromatic heterocycles. The lowest BCUT2D eigenvalue weighted by Crippen LogP contribution is -2.58. The Labute approximate surface area is 121 Å². The van der Waals surface area contributed by atoms with Crippen molar-refractivity contribution in [3.63, 3.8) is 0 Å². The van der Waals surface area contributed by atoms with Gasteiger partial charge in [-0.25, -0.2) is 4.79 Å². The minimum atomic E-state index is -0.404. The standard InChI is InChI=1S/C14H15ClN2O3/c15-11-4-2-1-3-10(11)13(18)17-6-5-9-8-20-14(19)16-12(9)7-17/h1-4,9,12H,5-8H2,(H,16,19)/t9-,12+/m0/s1. The second-order valence-electron chi connectivity index (χ2n) is 5.13.